The Balaban J connectivity index is 0.00000363. The number of rotatable bonds is 8. The van der Waals surface area contributed by atoms with Gasteiger partial charge in [-0.15, -0.1) is 24.0 Å². The van der Waals surface area contributed by atoms with Crippen molar-refractivity contribution in [3.8, 4) is 0 Å². The molecule has 0 spiro atoms. The summed E-state index contributed by atoms with van der Waals surface area (Å²) in [5, 5.41) is 17.7. The van der Waals surface area contributed by atoms with Crippen LogP contribution >= 0.6 is 24.0 Å². The van der Waals surface area contributed by atoms with Gasteiger partial charge in [-0.1, -0.05) is 60.2 Å². The van der Waals surface area contributed by atoms with Crippen LogP contribution in [0.4, 0.5) is 0 Å². The maximum Gasteiger partial charge on any atom is 0.191 e. The third kappa shape index (κ3) is 7.72. The lowest BCUT2D eigenvalue weighted by molar-refractivity contribution is 0.0169. The molecular formula is C25H37IN4O2. The summed E-state index contributed by atoms with van der Waals surface area (Å²) in [6, 6.07) is 18.6. The van der Waals surface area contributed by atoms with Crippen molar-refractivity contribution < 1.29 is 9.84 Å². The summed E-state index contributed by atoms with van der Waals surface area (Å²) in [5.41, 5.74) is 2.39. The number of aliphatic imine (C=N–C) groups is 1. The molecule has 7 heteroatoms. The zero-order chi connectivity index (χ0) is 22.1. The topological polar surface area (TPSA) is 69.1 Å². The van der Waals surface area contributed by atoms with Gasteiger partial charge in [0.1, 0.15) is 5.60 Å². The van der Waals surface area contributed by atoms with E-state index in [-0.39, 0.29) is 36.6 Å². The van der Waals surface area contributed by atoms with Crippen molar-refractivity contribution in [2.24, 2.45) is 4.99 Å². The summed E-state index contributed by atoms with van der Waals surface area (Å²) in [6.45, 7) is 11.1. The van der Waals surface area contributed by atoms with Crippen molar-refractivity contribution in [3.63, 3.8) is 0 Å². The summed E-state index contributed by atoms with van der Waals surface area (Å²) < 4.78 is 5.57. The number of halogens is 1. The predicted molar refractivity (Wildman–Crippen MR) is 142 cm³/mol. The summed E-state index contributed by atoms with van der Waals surface area (Å²) in [6.07, 6.45) is 0. The minimum absolute atomic E-state index is 0. The average Bonchev–Trinajstić information content (AvgIpc) is 2.79. The largest absolute Gasteiger partial charge is 0.384 e. The highest BCUT2D eigenvalue weighted by Crippen LogP contribution is 2.23. The fraction of sp³-hybridized carbons (Fsp3) is 0.480. The Kier molecular flexibility index (Phi) is 10.9. The Morgan fingerprint density at radius 2 is 1.84 bits per heavy atom. The second-order valence-corrected chi connectivity index (χ2v) is 8.29. The van der Waals surface area contributed by atoms with E-state index in [4.69, 9.17) is 9.73 Å². The van der Waals surface area contributed by atoms with Crippen LogP contribution in [-0.2, 0) is 10.3 Å². The van der Waals surface area contributed by atoms with E-state index in [1.807, 2.05) is 37.3 Å². The number of nitrogens with zero attached hydrogens (tertiary/aromatic N) is 2. The molecule has 2 aromatic rings. The Hall–Kier alpha value is -1.68. The number of hydrogen-bond acceptors (Lipinski definition) is 4. The zero-order valence-corrected chi connectivity index (χ0v) is 21.7. The molecule has 3 rings (SSSR count). The zero-order valence-electron chi connectivity index (χ0n) is 19.4. The second-order valence-electron chi connectivity index (χ2n) is 8.29. The number of aliphatic hydroxyl groups is 1. The molecule has 0 aromatic heterocycles. The number of nitrogens with one attached hydrogen (secondary N) is 2. The van der Waals surface area contributed by atoms with E-state index in [1.54, 1.807) is 6.92 Å². The van der Waals surface area contributed by atoms with E-state index in [0.717, 1.165) is 45.0 Å². The van der Waals surface area contributed by atoms with Gasteiger partial charge in [-0.2, -0.15) is 0 Å². The molecule has 0 bridgehead atoms. The first kappa shape index (κ1) is 26.6. The highest BCUT2D eigenvalue weighted by atomic mass is 127. The molecule has 1 aliphatic heterocycles. The van der Waals surface area contributed by atoms with Crippen molar-refractivity contribution in [2.45, 2.75) is 32.4 Å². The average molecular weight is 553 g/mol. The predicted octanol–water partition coefficient (Wildman–Crippen LogP) is 3.45. The molecular weight excluding hydrogens is 515 g/mol. The van der Waals surface area contributed by atoms with E-state index in [2.05, 4.69) is 46.7 Å². The fourth-order valence-electron chi connectivity index (χ4n) is 3.88. The normalized spacial score (nSPS) is 17.7. The van der Waals surface area contributed by atoms with Gasteiger partial charge in [0.2, 0.25) is 0 Å². The number of hydrogen-bond donors (Lipinski definition) is 3. The van der Waals surface area contributed by atoms with Crippen molar-refractivity contribution in [2.75, 3.05) is 45.9 Å². The number of aryl methyl sites for hydroxylation is 1. The van der Waals surface area contributed by atoms with E-state index >= 15 is 0 Å². The molecule has 1 saturated heterocycles. The maximum atomic E-state index is 10.9. The fourth-order valence-corrected chi connectivity index (χ4v) is 3.88. The van der Waals surface area contributed by atoms with Crippen molar-refractivity contribution in [1.82, 2.24) is 15.5 Å². The van der Waals surface area contributed by atoms with Gasteiger partial charge >= 0.3 is 0 Å². The lowest BCUT2D eigenvalue weighted by Gasteiger charge is -2.35. The molecule has 1 heterocycles. The number of morpholine rings is 1. The molecule has 0 radical (unpaired) electrons. The molecule has 2 atom stereocenters. The van der Waals surface area contributed by atoms with Crippen LogP contribution in [0.25, 0.3) is 0 Å². The first-order valence-corrected chi connectivity index (χ1v) is 11.2. The van der Waals surface area contributed by atoms with Crippen molar-refractivity contribution in [3.05, 3.63) is 71.3 Å². The number of guanidine groups is 1. The molecule has 32 heavy (non-hydrogen) atoms. The SMILES string of the molecule is CCNC(=NCC(C)(O)c1ccccc1)NCC(c1cccc(C)c1)N1CCOCC1.I. The Bertz CT molecular complexity index is 839. The summed E-state index contributed by atoms with van der Waals surface area (Å²) >= 11 is 0. The van der Waals surface area contributed by atoms with E-state index in [1.165, 1.54) is 11.1 Å². The molecule has 0 aliphatic carbocycles. The maximum absolute atomic E-state index is 10.9. The van der Waals surface area contributed by atoms with Crippen molar-refractivity contribution in [1.29, 1.82) is 0 Å². The van der Waals surface area contributed by atoms with Gasteiger partial charge in [0.05, 0.1) is 25.8 Å². The third-order valence-corrected chi connectivity index (χ3v) is 5.66. The Morgan fingerprint density at radius 3 is 2.50 bits per heavy atom. The second kappa shape index (κ2) is 13.1. The lowest BCUT2D eigenvalue weighted by atomic mass is 9.96. The number of ether oxygens (including phenoxy) is 1. The van der Waals surface area contributed by atoms with Gasteiger partial charge in [0.25, 0.3) is 0 Å². The standard InChI is InChI=1S/C25H36N4O2.HI/c1-4-26-24(28-19-25(3,30)22-11-6-5-7-12-22)27-18-23(29-13-15-31-16-14-29)21-10-8-9-20(2)17-21;/h5-12,17,23,30H,4,13-16,18-19H2,1-3H3,(H2,26,27,28);1H. The van der Waals surface area contributed by atoms with Gasteiger partial charge in [-0.05, 0) is 31.9 Å². The van der Waals surface area contributed by atoms with Crippen LogP contribution in [0.3, 0.4) is 0 Å². The molecule has 0 amide bonds. The Labute approximate surface area is 209 Å². The van der Waals surface area contributed by atoms with E-state index < -0.39 is 5.60 Å². The number of benzene rings is 2. The van der Waals surface area contributed by atoms with Gasteiger partial charge in [0.15, 0.2) is 5.96 Å². The molecule has 0 saturated carbocycles. The summed E-state index contributed by atoms with van der Waals surface area (Å²) in [7, 11) is 0. The first-order valence-electron chi connectivity index (χ1n) is 11.2. The summed E-state index contributed by atoms with van der Waals surface area (Å²) in [4.78, 5) is 7.16. The van der Waals surface area contributed by atoms with Crippen LogP contribution in [-0.4, -0.2) is 61.9 Å². The molecule has 2 aromatic carbocycles. The first-order chi connectivity index (χ1) is 15.0. The smallest absolute Gasteiger partial charge is 0.191 e. The van der Waals surface area contributed by atoms with Gasteiger partial charge in [0, 0.05) is 26.2 Å². The van der Waals surface area contributed by atoms with Gasteiger partial charge < -0.3 is 20.5 Å². The highest BCUT2D eigenvalue weighted by Gasteiger charge is 2.24. The monoisotopic (exact) mass is 552 g/mol. The van der Waals surface area contributed by atoms with Crippen LogP contribution in [0.2, 0.25) is 0 Å². The molecule has 1 aliphatic rings. The lowest BCUT2D eigenvalue weighted by Crippen LogP contribution is -2.46. The van der Waals surface area contributed by atoms with E-state index in [0.29, 0.717) is 5.96 Å². The Morgan fingerprint density at radius 1 is 1.12 bits per heavy atom. The van der Waals surface area contributed by atoms with Crippen LogP contribution in [0.1, 0.15) is 36.6 Å². The van der Waals surface area contributed by atoms with Crippen LogP contribution in [0.15, 0.2) is 59.6 Å². The molecule has 176 valence electrons. The molecule has 3 N–H and O–H groups in total. The van der Waals surface area contributed by atoms with E-state index in [9.17, 15) is 5.11 Å². The van der Waals surface area contributed by atoms with Crippen LogP contribution in [0, 0.1) is 6.92 Å². The van der Waals surface area contributed by atoms with Crippen LogP contribution < -0.4 is 10.6 Å². The van der Waals surface area contributed by atoms with Gasteiger partial charge in [-0.25, -0.2) is 4.99 Å². The minimum atomic E-state index is -1.02. The molecule has 6 nitrogen and oxygen atoms in total. The molecule has 1 fully saturated rings. The van der Waals surface area contributed by atoms with Crippen molar-refractivity contribution >= 4 is 29.9 Å². The van der Waals surface area contributed by atoms with Gasteiger partial charge in [-0.3, -0.25) is 4.90 Å². The summed E-state index contributed by atoms with van der Waals surface area (Å²) in [5.74, 6) is 0.713. The third-order valence-electron chi connectivity index (χ3n) is 5.66. The highest BCUT2D eigenvalue weighted by molar-refractivity contribution is 14.0. The quantitative estimate of drug-likeness (QED) is 0.266. The molecule has 2 unspecified atom stereocenters. The minimum Gasteiger partial charge on any atom is -0.384 e. The van der Waals surface area contributed by atoms with Crippen LogP contribution in [0.5, 0.6) is 0 Å².